The average Bonchev–Trinajstić information content (AvgIpc) is 2.45. The Hall–Kier alpha value is -0.930. The molecular weight excluding hydrogens is 263 g/mol. The molecule has 0 aromatic heterocycles. The van der Waals surface area contributed by atoms with Gasteiger partial charge in [-0.05, 0) is 36.5 Å². The average molecular weight is 292 g/mol. The van der Waals surface area contributed by atoms with E-state index in [2.05, 4.69) is 31.0 Å². The molecule has 2 unspecified atom stereocenters. The first-order chi connectivity index (χ1) is 10.1. The summed E-state index contributed by atoms with van der Waals surface area (Å²) >= 11 is 0. The number of nitrogens with zero attached hydrogens (tertiary/aromatic N) is 1. The molecule has 0 saturated carbocycles. The van der Waals surface area contributed by atoms with Crippen LogP contribution in [0.15, 0.2) is 24.3 Å². The fraction of sp³-hybridized carbons (Fsp3) is 0.667. The summed E-state index contributed by atoms with van der Waals surface area (Å²) in [6, 6.07) is 8.21. The van der Waals surface area contributed by atoms with Crippen LogP contribution in [0.4, 0.5) is 4.39 Å². The van der Waals surface area contributed by atoms with Crippen molar-refractivity contribution in [3.63, 3.8) is 0 Å². The third kappa shape index (κ3) is 4.79. The van der Waals surface area contributed by atoms with Crippen molar-refractivity contribution in [2.24, 2.45) is 5.92 Å². The van der Waals surface area contributed by atoms with E-state index in [0.717, 1.165) is 31.6 Å². The predicted octanol–water partition coefficient (Wildman–Crippen LogP) is 3.47. The molecule has 0 spiro atoms. The number of hydrogen-bond acceptors (Lipinski definition) is 2. The van der Waals surface area contributed by atoms with Crippen molar-refractivity contribution in [1.82, 2.24) is 10.2 Å². The van der Waals surface area contributed by atoms with Crippen LogP contribution in [0.2, 0.25) is 0 Å². The maximum absolute atomic E-state index is 13.3. The van der Waals surface area contributed by atoms with Gasteiger partial charge in [0.1, 0.15) is 5.82 Å². The minimum absolute atomic E-state index is 0.128. The van der Waals surface area contributed by atoms with E-state index in [1.54, 1.807) is 6.07 Å². The van der Waals surface area contributed by atoms with Crippen molar-refractivity contribution in [1.29, 1.82) is 0 Å². The van der Waals surface area contributed by atoms with Gasteiger partial charge in [0.25, 0.3) is 0 Å². The molecule has 1 heterocycles. The molecule has 1 aromatic carbocycles. The van der Waals surface area contributed by atoms with E-state index in [-0.39, 0.29) is 5.82 Å². The molecule has 2 rings (SSSR count). The highest BCUT2D eigenvalue weighted by Gasteiger charge is 2.28. The lowest BCUT2D eigenvalue weighted by Crippen LogP contribution is -2.58. The predicted molar refractivity (Wildman–Crippen MR) is 87.0 cm³/mol. The molecule has 2 nitrogen and oxygen atoms in total. The summed E-state index contributed by atoms with van der Waals surface area (Å²) < 4.78 is 13.3. The number of halogens is 1. The molecule has 1 aliphatic heterocycles. The van der Waals surface area contributed by atoms with E-state index < -0.39 is 0 Å². The minimum atomic E-state index is -0.128. The van der Waals surface area contributed by atoms with E-state index >= 15 is 0 Å². The Bertz CT molecular complexity index is 433. The summed E-state index contributed by atoms with van der Waals surface area (Å²) in [5, 5.41) is 3.69. The number of nitrogens with one attached hydrogen (secondary N) is 1. The fourth-order valence-electron chi connectivity index (χ4n) is 3.32. The zero-order valence-electron chi connectivity index (χ0n) is 13.6. The third-order valence-corrected chi connectivity index (χ3v) is 4.52. The Morgan fingerprint density at radius 1 is 1.38 bits per heavy atom. The van der Waals surface area contributed by atoms with Crippen molar-refractivity contribution in [2.45, 2.75) is 52.1 Å². The molecule has 21 heavy (non-hydrogen) atoms. The summed E-state index contributed by atoms with van der Waals surface area (Å²) in [5.41, 5.74) is 1.10. The van der Waals surface area contributed by atoms with Gasteiger partial charge in [-0.1, -0.05) is 39.3 Å². The van der Waals surface area contributed by atoms with Crippen LogP contribution in [0.1, 0.15) is 39.2 Å². The smallest absolute Gasteiger partial charge is 0.123 e. The molecule has 1 saturated heterocycles. The van der Waals surface area contributed by atoms with Crippen molar-refractivity contribution in [3.05, 3.63) is 35.6 Å². The summed E-state index contributed by atoms with van der Waals surface area (Å²) in [6.45, 7) is 10.0. The molecule has 1 aromatic rings. The molecule has 1 fully saturated rings. The van der Waals surface area contributed by atoms with Gasteiger partial charge in [-0.15, -0.1) is 0 Å². The van der Waals surface area contributed by atoms with Crippen molar-refractivity contribution >= 4 is 0 Å². The van der Waals surface area contributed by atoms with Gasteiger partial charge in [-0.3, -0.25) is 4.90 Å². The second kappa shape index (κ2) is 7.90. The number of hydrogen-bond donors (Lipinski definition) is 1. The Morgan fingerprint density at radius 3 is 2.86 bits per heavy atom. The van der Waals surface area contributed by atoms with E-state index in [1.165, 1.54) is 18.9 Å². The van der Waals surface area contributed by atoms with Crippen LogP contribution in [-0.4, -0.2) is 36.6 Å². The lowest BCUT2D eigenvalue weighted by atomic mass is 9.96. The molecule has 0 radical (unpaired) electrons. The largest absolute Gasteiger partial charge is 0.311 e. The van der Waals surface area contributed by atoms with E-state index in [1.807, 2.05) is 12.1 Å². The maximum Gasteiger partial charge on any atom is 0.123 e. The zero-order chi connectivity index (χ0) is 15.2. The second-order valence-corrected chi connectivity index (χ2v) is 6.58. The summed E-state index contributed by atoms with van der Waals surface area (Å²) in [4.78, 5) is 2.60. The van der Waals surface area contributed by atoms with Crippen molar-refractivity contribution in [2.75, 3.05) is 19.6 Å². The van der Waals surface area contributed by atoms with Crippen LogP contribution in [0.5, 0.6) is 0 Å². The minimum Gasteiger partial charge on any atom is -0.311 e. The van der Waals surface area contributed by atoms with Crippen LogP contribution >= 0.6 is 0 Å². The highest BCUT2D eigenvalue weighted by atomic mass is 19.1. The molecule has 1 N–H and O–H groups in total. The Balaban J connectivity index is 1.95. The van der Waals surface area contributed by atoms with E-state index in [9.17, 15) is 4.39 Å². The van der Waals surface area contributed by atoms with Gasteiger partial charge in [0.2, 0.25) is 0 Å². The monoisotopic (exact) mass is 292 g/mol. The van der Waals surface area contributed by atoms with E-state index in [0.29, 0.717) is 18.0 Å². The Kier molecular flexibility index (Phi) is 6.19. The maximum atomic E-state index is 13.3. The Labute approximate surface area is 128 Å². The third-order valence-electron chi connectivity index (χ3n) is 4.52. The van der Waals surface area contributed by atoms with Crippen LogP contribution in [0.3, 0.4) is 0 Å². The van der Waals surface area contributed by atoms with Crippen LogP contribution in [-0.2, 0) is 6.42 Å². The second-order valence-electron chi connectivity index (χ2n) is 6.58. The number of benzene rings is 1. The van der Waals surface area contributed by atoms with E-state index in [4.69, 9.17) is 0 Å². The lowest BCUT2D eigenvalue weighted by Gasteiger charge is -2.42. The molecule has 0 bridgehead atoms. The van der Waals surface area contributed by atoms with Gasteiger partial charge in [0, 0.05) is 31.7 Å². The lowest BCUT2D eigenvalue weighted by molar-refractivity contribution is 0.0969. The van der Waals surface area contributed by atoms with Gasteiger partial charge in [0.05, 0.1) is 0 Å². The van der Waals surface area contributed by atoms with Gasteiger partial charge in [-0.25, -0.2) is 4.39 Å². The van der Waals surface area contributed by atoms with Gasteiger partial charge in [-0.2, -0.15) is 0 Å². The first kappa shape index (κ1) is 16.4. The quantitative estimate of drug-likeness (QED) is 0.863. The molecule has 0 amide bonds. The standard InChI is InChI=1S/C18H29FN2/c1-4-6-17-13-21(18(12-20-17)14(2)3)10-9-15-7-5-8-16(19)11-15/h5,7-8,11,14,17-18,20H,4,6,9-10,12-13H2,1-3H3. The first-order valence-corrected chi connectivity index (χ1v) is 8.32. The normalized spacial score (nSPS) is 23.7. The number of piperazine rings is 1. The molecule has 1 aliphatic rings. The van der Waals surface area contributed by atoms with Gasteiger partial charge in [0.15, 0.2) is 0 Å². The molecule has 0 aliphatic carbocycles. The van der Waals surface area contributed by atoms with Gasteiger partial charge >= 0.3 is 0 Å². The molecule has 2 atom stereocenters. The van der Waals surface area contributed by atoms with Crippen LogP contribution in [0.25, 0.3) is 0 Å². The Morgan fingerprint density at radius 2 is 2.19 bits per heavy atom. The summed E-state index contributed by atoms with van der Waals surface area (Å²) in [6.07, 6.45) is 3.39. The van der Waals surface area contributed by atoms with Gasteiger partial charge < -0.3 is 5.32 Å². The summed E-state index contributed by atoms with van der Waals surface area (Å²) in [5.74, 6) is 0.518. The highest BCUT2D eigenvalue weighted by Crippen LogP contribution is 2.18. The highest BCUT2D eigenvalue weighted by molar-refractivity contribution is 5.16. The van der Waals surface area contributed by atoms with Crippen molar-refractivity contribution in [3.8, 4) is 0 Å². The molecular formula is C18H29FN2. The zero-order valence-corrected chi connectivity index (χ0v) is 13.6. The summed E-state index contributed by atoms with van der Waals surface area (Å²) in [7, 11) is 0. The van der Waals surface area contributed by atoms with Crippen LogP contribution < -0.4 is 5.32 Å². The first-order valence-electron chi connectivity index (χ1n) is 8.32. The number of rotatable bonds is 6. The molecule has 3 heteroatoms. The molecule has 118 valence electrons. The topological polar surface area (TPSA) is 15.3 Å². The van der Waals surface area contributed by atoms with Crippen LogP contribution in [0, 0.1) is 11.7 Å². The van der Waals surface area contributed by atoms with Crippen molar-refractivity contribution < 1.29 is 4.39 Å². The fourth-order valence-corrected chi connectivity index (χ4v) is 3.32. The SMILES string of the molecule is CCCC1CN(CCc2cccc(F)c2)C(C(C)C)CN1.